The van der Waals surface area contributed by atoms with Crippen molar-refractivity contribution in [1.82, 2.24) is 10.6 Å². The zero-order valence-corrected chi connectivity index (χ0v) is 14.0. The maximum absolute atomic E-state index is 11.2. The first-order valence-corrected chi connectivity index (χ1v) is 7.53. The van der Waals surface area contributed by atoms with Crippen molar-refractivity contribution in [3.8, 4) is 5.75 Å². The lowest BCUT2D eigenvalue weighted by Gasteiger charge is -2.27. The van der Waals surface area contributed by atoms with E-state index in [2.05, 4.69) is 22.8 Å². The average molecular weight is 329 g/mol. The Labute approximate surface area is 138 Å². The smallest absolute Gasteiger partial charge is 0.407 e. The number of halogens is 1. The largest absolute Gasteiger partial charge is 0.496 e. The standard InChI is InChI=1S/C16H24N2O3.ClH/c1-3-21-16(19)18-10-9-17-13-8-7-12-5-4-6-15(20-2)14(12)11-13;/h4-6,13,17H,3,7-11H2,1-2H3,(H,18,19);1H. The molecule has 1 amide bonds. The van der Waals surface area contributed by atoms with E-state index in [-0.39, 0.29) is 18.5 Å². The lowest BCUT2D eigenvalue weighted by atomic mass is 9.87. The molecule has 0 aromatic heterocycles. The Hall–Kier alpha value is -1.46. The highest BCUT2D eigenvalue weighted by molar-refractivity contribution is 5.85. The number of rotatable bonds is 6. The lowest BCUT2D eigenvalue weighted by molar-refractivity contribution is 0.152. The zero-order chi connectivity index (χ0) is 15.1. The second-order valence-corrected chi connectivity index (χ2v) is 5.14. The molecular weight excluding hydrogens is 304 g/mol. The molecule has 0 heterocycles. The Bertz CT molecular complexity index is 468. The molecule has 0 fully saturated rings. The van der Waals surface area contributed by atoms with Gasteiger partial charge < -0.3 is 20.1 Å². The first kappa shape index (κ1) is 18.6. The molecule has 0 spiro atoms. The number of aryl methyl sites for hydroxylation is 1. The molecule has 22 heavy (non-hydrogen) atoms. The zero-order valence-electron chi connectivity index (χ0n) is 13.2. The van der Waals surface area contributed by atoms with E-state index in [1.807, 2.05) is 6.07 Å². The van der Waals surface area contributed by atoms with E-state index >= 15 is 0 Å². The Morgan fingerprint density at radius 3 is 2.91 bits per heavy atom. The summed E-state index contributed by atoms with van der Waals surface area (Å²) in [6, 6.07) is 6.67. The molecule has 5 nitrogen and oxygen atoms in total. The number of nitrogens with one attached hydrogen (secondary N) is 2. The van der Waals surface area contributed by atoms with E-state index < -0.39 is 0 Å². The minimum atomic E-state index is -0.352. The monoisotopic (exact) mass is 328 g/mol. The minimum absolute atomic E-state index is 0. The fourth-order valence-electron chi connectivity index (χ4n) is 2.74. The highest BCUT2D eigenvalue weighted by Crippen LogP contribution is 2.29. The van der Waals surface area contributed by atoms with Crippen LogP contribution in [-0.4, -0.2) is 38.9 Å². The van der Waals surface area contributed by atoms with Crippen molar-refractivity contribution in [2.75, 3.05) is 26.8 Å². The maximum atomic E-state index is 11.2. The Kier molecular flexibility index (Phi) is 8.06. The number of ether oxygens (including phenoxy) is 2. The molecule has 1 aliphatic rings. The van der Waals surface area contributed by atoms with Crippen LogP contribution in [0.3, 0.4) is 0 Å². The first-order valence-electron chi connectivity index (χ1n) is 7.53. The van der Waals surface area contributed by atoms with Gasteiger partial charge in [-0.3, -0.25) is 0 Å². The van der Waals surface area contributed by atoms with Crippen molar-refractivity contribution in [2.45, 2.75) is 32.2 Å². The van der Waals surface area contributed by atoms with Crippen molar-refractivity contribution >= 4 is 18.5 Å². The molecular formula is C16H25ClN2O3. The summed E-state index contributed by atoms with van der Waals surface area (Å²) in [4.78, 5) is 11.2. The summed E-state index contributed by atoms with van der Waals surface area (Å²) in [5, 5.41) is 6.20. The van der Waals surface area contributed by atoms with Gasteiger partial charge in [-0.2, -0.15) is 0 Å². The molecule has 0 radical (unpaired) electrons. The van der Waals surface area contributed by atoms with Crippen LogP contribution in [0.25, 0.3) is 0 Å². The Morgan fingerprint density at radius 1 is 1.36 bits per heavy atom. The molecule has 6 heteroatoms. The normalized spacial score (nSPS) is 16.2. The maximum Gasteiger partial charge on any atom is 0.407 e. The number of methoxy groups -OCH3 is 1. The Morgan fingerprint density at radius 2 is 2.18 bits per heavy atom. The fraction of sp³-hybridized carbons (Fsp3) is 0.562. The van der Waals surface area contributed by atoms with E-state index in [9.17, 15) is 4.79 Å². The van der Waals surface area contributed by atoms with Crippen molar-refractivity contribution in [3.63, 3.8) is 0 Å². The molecule has 1 atom stereocenters. The van der Waals surface area contributed by atoms with Crippen molar-refractivity contribution in [3.05, 3.63) is 29.3 Å². The third-order valence-electron chi connectivity index (χ3n) is 3.77. The summed E-state index contributed by atoms with van der Waals surface area (Å²) in [5.74, 6) is 0.976. The van der Waals surface area contributed by atoms with Crippen LogP contribution in [0.4, 0.5) is 4.79 Å². The van der Waals surface area contributed by atoms with Gasteiger partial charge in [-0.1, -0.05) is 12.1 Å². The number of amides is 1. The van der Waals surface area contributed by atoms with Crippen LogP contribution in [-0.2, 0) is 17.6 Å². The second-order valence-electron chi connectivity index (χ2n) is 5.14. The van der Waals surface area contributed by atoms with Gasteiger partial charge in [-0.15, -0.1) is 12.4 Å². The number of alkyl carbamates (subject to hydrolysis) is 1. The van der Waals surface area contributed by atoms with Crippen LogP contribution in [0.5, 0.6) is 5.75 Å². The van der Waals surface area contributed by atoms with Gasteiger partial charge in [0, 0.05) is 19.1 Å². The summed E-state index contributed by atoms with van der Waals surface area (Å²) >= 11 is 0. The number of hydrogen-bond acceptors (Lipinski definition) is 4. The number of carbonyl (C=O) groups excluding carboxylic acids is 1. The molecule has 0 saturated heterocycles. The molecule has 2 N–H and O–H groups in total. The molecule has 124 valence electrons. The van der Waals surface area contributed by atoms with Gasteiger partial charge in [0.05, 0.1) is 13.7 Å². The highest BCUT2D eigenvalue weighted by atomic mass is 35.5. The third kappa shape index (κ3) is 5.07. The summed E-state index contributed by atoms with van der Waals surface area (Å²) in [5.41, 5.74) is 2.69. The number of hydrogen-bond donors (Lipinski definition) is 2. The Balaban J connectivity index is 0.00000242. The summed E-state index contributed by atoms with van der Waals surface area (Å²) in [6.07, 6.45) is 2.79. The van der Waals surface area contributed by atoms with Crippen LogP contribution in [0, 0.1) is 0 Å². The van der Waals surface area contributed by atoms with Gasteiger partial charge in [-0.25, -0.2) is 4.79 Å². The van der Waals surface area contributed by atoms with Crippen LogP contribution in [0.1, 0.15) is 24.5 Å². The molecule has 1 unspecified atom stereocenters. The lowest BCUT2D eigenvalue weighted by Crippen LogP contribution is -2.40. The molecule has 0 saturated carbocycles. The SMILES string of the molecule is CCOC(=O)NCCNC1CCc2cccc(OC)c2C1.Cl. The molecule has 1 aromatic carbocycles. The van der Waals surface area contributed by atoms with Crippen LogP contribution >= 0.6 is 12.4 Å². The van der Waals surface area contributed by atoms with E-state index in [1.165, 1.54) is 11.1 Å². The molecule has 2 rings (SSSR count). The van der Waals surface area contributed by atoms with Crippen LogP contribution < -0.4 is 15.4 Å². The van der Waals surface area contributed by atoms with Gasteiger partial charge in [0.1, 0.15) is 5.75 Å². The van der Waals surface area contributed by atoms with Crippen molar-refractivity contribution in [2.24, 2.45) is 0 Å². The second kappa shape index (κ2) is 9.54. The van der Waals surface area contributed by atoms with Crippen molar-refractivity contribution < 1.29 is 14.3 Å². The van der Waals surface area contributed by atoms with Crippen molar-refractivity contribution in [1.29, 1.82) is 0 Å². The van der Waals surface area contributed by atoms with Gasteiger partial charge in [-0.05, 0) is 43.4 Å². The average Bonchev–Trinajstić information content (AvgIpc) is 2.51. The summed E-state index contributed by atoms with van der Waals surface area (Å²) in [6.45, 7) is 3.52. The number of benzene rings is 1. The predicted molar refractivity (Wildman–Crippen MR) is 89.1 cm³/mol. The van der Waals surface area contributed by atoms with E-state index in [0.29, 0.717) is 19.2 Å². The molecule has 0 bridgehead atoms. The minimum Gasteiger partial charge on any atom is -0.496 e. The molecule has 0 aliphatic heterocycles. The van der Waals surface area contributed by atoms with Gasteiger partial charge in [0.2, 0.25) is 0 Å². The van der Waals surface area contributed by atoms with Gasteiger partial charge >= 0.3 is 6.09 Å². The van der Waals surface area contributed by atoms with E-state index in [1.54, 1.807) is 14.0 Å². The molecule has 1 aromatic rings. The molecule has 1 aliphatic carbocycles. The topological polar surface area (TPSA) is 59.6 Å². The fourth-order valence-corrected chi connectivity index (χ4v) is 2.74. The third-order valence-corrected chi connectivity index (χ3v) is 3.77. The summed E-state index contributed by atoms with van der Waals surface area (Å²) < 4.78 is 10.3. The predicted octanol–water partition coefficient (Wildman–Crippen LogP) is 2.31. The number of fused-ring (bicyclic) bond motifs is 1. The van der Waals surface area contributed by atoms with Crippen LogP contribution in [0.15, 0.2) is 18.2 Å². The first-order chi connectivity index (χ1) is 10.2. The quantitative estimate of drug-likeness (QED) is 0.787. The highest BCUT2D eigenvalue weighted by Gasteiger charge is 2.20. The van der Waals surface area contributed by atoms with Gasteiger partial charge in [0.25, 0.3) is 0 Å². The van der Waals surface area contributed by atoms with Gasteiger partial charge in [0.15, 0.2) is 0 Å². The van der Waals surface area contributed by atoms with E-state index in [0.717, 1.165) is 31.6 Å². The number of carbonyl (C=O) groups is 1. The van der Waals surface area contributed by atoms with E-state index in [4.69, 9.17) is 9.47 Å². The summed E-state index contributed by atoms with van der Waals surface area (Å²) in [7, 11) is 1.72. The van der Waals surface area contributed by atoms with Crippen LogP contribution in [0.2, 0.25) is 0 Å².